The lowest BCUT2D eigenvalue weighted by Crippen LogP contribution is -2.28. The van der Waals surface area contributed by atoms with Crippen LogP contribution in [0.15, 0.2) is 64.1 Å². The average Bonchev–Trinajstić information content (AvgIpc) is 3.39. The van der Waals surface area contributed by atoms with Crippen LogP contribution in [0.4, 0.5) is 0 Å². The molecule has 0 radical (unpaired) electrons. The molecule has 3 aromatic rings. The third kappa shape index (κ3) is 3.15. The summed E-state index contributed by atoms with van der Waals surface area (Å²) in [5, 5.41) is 13.3. The molecule has 7 heteroatoms. The number of furan rings is 1. The Hall–Kier alpha value is -2.83. The fraction of sp³-hybridized carbons (Fsp3) is 0.143. The number of likely N-dealkylation sites (tertiary alicyclic amines) is 1. The lowest BCUT2D eigenvalue weighted by molar-refractivity contribution is -0.140. The molecule has 0 saturated carbocycles. The highest BCUT2D eigenvalue weighted by Crippen LogP contribution is 2.43. The van der Waals surface area contributed by atoms with Crippen LogP contribution >= 0.6 is 22.9 Å². The Morgan fingerprint density at radius 3 is 2.57 bits per heavy atom. The molecule has 0 bridgehead atoms. The van der Waals surface area contributed by atoms with Crippen molar-refractivity contribution in [2.75, 3.05) is 0 Å². The van der Waals surface area contributed by atoms with E-state index in [1.807, 2.05) is 18.4 Å². The summed E-state index contributed by atoms with van der Waals surface area (Å²) in [4.78, 5) is 28.0. The number of amides is 1. The second-order valence-electron chi connectivity index (χ2n) is 6.48. The van der Waals surface area contributed by atoms with Crippen molar-refractivity contribution >= 4 is 40.4 Å². The maximum Gasteiger partial charge on any atom is 0.296 e. The Kier molecular flexibility index (Phi) is 4.83. The van der Waals surface area contributed by atoms with Gasteiger partial charge in [-0.1, -0.05) is 11.6 Å². The van der Waals surface area contributed by atoms with Crippen LogP contribution in [0.25, 0.3) is 5.76 Å². The third-order valence-corrected chi connectivity index (χ3v) is 6.04. The molecular weight excluding hydrogens is 398 g/mol. The number of hydrogen-bond donors (Lipinski definition) is 1. The maximum absolute atomic E-state index is 12.9. The SMILES string of the molecule is Cc1ccsc1C1C(=C(O)c2ccc(Cl)cc2)C(=O)C(=O)N1Cc1ccco1. The third-order valence-electron chi connectivity index (χ3n) is 4.71. The van der Waals surface area contributed by atoms with Crippen molar-refractivity contribution in [3.63, 3.8) is 0 Å². The van der Waals surface area contributed by atoms with Gasteiger partial charge >= 0.3 is 0 Å². The van der Waals surface area contributed by atoms with E-state index in [4.69, 9.17) is 16.0 Å². The lowest BCUT2D eigenvalue weighted by Gasteiger charge is -2.24. The van der Waals surface area contributed by atoms with Gasteiger partial charge in [-0.2, -0.15) is 0 Å². The molecule has 1 atom stereocenters. The zero-order valence-corrected chi connectivity index (χ0v) is 16.5. The van der Waals surface area contributed by atoms with Crippen molar-refractivity contribution in [3.05, 3.63) is 86.5 Å². The number of rotatable bonds is 4. The molecule has 1 aromatic carbocycles. The van der Waals surface area contributed by atoms with Gasteiger partial charge in [0.05, 0.1) is 18.4 Å². The Bertz CT molecular complexity index is 1070. The lowest BCUT2D eigenvalue weighted by atomic mass is 9.98. The smallest absolute Gasteiger partial charge is 0.296 e. The van der Waals surface area contributed by atoms with E-state index in [1.165, 1.54) is 22.5 Å². The molecule has 142 valence electrons. The van der Waals surface area contributed by atoms with Crippen molar-refractivity contribution in [1.82, 2.24) is 4.90 Å². The van der Waals surface area contributed by atoms with Gasteiger partial charge in [-0.3, -0.25) is 9.59 Å². The van der Waals surface area contributed by atoms with Crippen LogP contribution < -0.4 is 0 Å². The second-order valence-corrected chi connectivity index (χ2v) is 7.87. The van der Waals surface area contributed by atoms with Crippen molar-refractivity contribution < 1.29 is 19.1 Å². The van der Waals surface area contributed by atoms with Crippen LogP contribution in [0.5, 0.6) is 0 Å². The summed E-state index contributed by atoms with van der Waals surface area (Å²) in [7, 11) is 0. The van der Waals surface area contributed by atoms with Crippen LogP contribution in [0.2, 0.25) is 5.02 Å². The average molecular weight is 414 g/mol. The number of carbonyl (C=O) groups is 2. The Morgan fingerprint density at radius 2 is 1.96 bits per heavy atom. The van der Waals surface area contributed by atoms with E-state index in [0.717, 1.165) is 10.4 Å². The molecule has 1 saturated heterocycles. The molecule has 0 aliphatic carbocycles. The molecule has 1 aliphatic rings. The van der Waals surface area contributed by atoms with Crippen molar-refractivity contribution in [3.8, 4) is 0 Å². The van der Waals surface area contributed by atoms with Gasteiger partial charge in [0.25, 0.3) is 11.7 Å². The molecule has 1 fully saturated rings. The van der Waals surface area contributed by atoms with Gasteiger partial charge < -0.3 is 14.4 Å². The number of Topliss-reactive ketones (excluding diaryl/α,β-unsaturated/α-hetero) is 1. The number of carbonyl (C=O) groups excluding carboxylic acids is 2. The summed E-state index contributed by atoms with van der Waals surface area (Å²) in [6.07, 6.45) is 1.52. The van der Waals surface area contributed by atoms with E-state index in [9.17, 15) is 14.7 Å². The number of nitrogens with zero attached hydrogens (tertiary/aromatic N) is 1. The van der Waals surface area contributed by atoms with E-state index in [1.54, 1.807) is 36.4 Å². The molecule has 3 heterocycles. The number of thiophene rings is 1. The first-order chi connectivity index (χ1) is 13.5. The molecule has 5 nitrogen and oxygen atoms in total. The highest BCUT2D eigenvalue weighted by Gasteiger charge is 2.47. The molecule has 4 rings (SSSR count). The number of hydrogen-bond acceptors (Lipinski definition) is 5. The van der Waals surface area contributed by atoms with Gasteiger partial charge in [0.15, 0.2) is 0 Å². The van der Waals surface area contributed by atoms with E-state index in [0.29, 0.717) is 16.3 Å². The molecule has 1 amide bonds. The molecule has 1 N–H and O–H groups in total. The van der Waals surface area contributed by atoms with Crippen LogP contribution in [0.3, 0.4) is 0 Å². The van der Waals surface area contributed by atoms with E-state index in [-0.39, 0.29) is 17.9 Å². The second kappa shape index (κ2) is 7.30. The molecular formula is C21H16ClNO4S. The zero-order chi connectivity index (χ0) is 19.8. The first-order valence-corrected chi connectivity index (χ1v) is 9.84. The summed E-state index contributed by atoms with van der Waals surface area (Å²) in [6, 6.07) is 11.2. The van der Waals surface area contributed by atoms with Gasteiger partial charge in [0, 0.05) is 15.5 Å². The van der Waals surface area contributed by atoms with Gasteiger partial charge in [-0.05, 0) is 60.3 Å². The summed E-state index contributed by atoms with van der Waals surface area (Å²) in [6.45, 7) is 2.05. The predicted molar refractivity (Wildman–Crippen MR) is 107 cm³/mol. The maximum atomic E-state index is 12.9. The number of aryl methyl sites for hydroxylation is 1. The van der Waals surface area contributed by atoms with E-state index < -0.39 is 17.7 Å². The van der Waals surface area contributed by atoms with Crippen LogP contribution in [0.1, 0.15) is 27.8 Å². The minimum atomic E-state index is -0.711. The highest BCUT2D eigenvalue weighted by molar-refractivity contribution is 7.10. The van der Waals surface area contributed by atoms with Gasteiger partial charge in [-0.25, -0.2) is 0 Å². The molecule has 28 heavy (non-hydrogen) atoms. The van der Waals surface area contributed by atoms with E-state index in [2.05, 4.69) is 0 Å². The monoisotopic (exact) mass is 413 g/mol. The first-order valence-electron chi connectivity index (χ1n) is 8.58. The molecule has 1 unspecified atom stereocenters. The number of benzene rings is 1. The summed E-state index contributed by atoms with van der Waals surface area (Å²) >= 11 is 7.37. The summed E-state index contributed by atoms with van der Waals surface area (Å²) in [5.41, 5.74) is 1.45. The van der Waals surface area contributed by atoms with Gasteiger partial charge in [0.2, 0.25) is 0 Å². The summed E-state index contributed by atoms with van der Waals surface area (Å²) < 4.78 is 5.37. The van der Waals surface area contributed by atoms with Gasteiger partial charge in [-0.15, -0.1) is 11.3 Å². The highest BCUT2D eigenvalue weighted by atomic mass is 35.5. The zero-order valence-electron chi connectivity index (χ0n) is 14.9. The summed E-state index contributed by atoms with van der Waals surface area (Å²) in [5.74, 6) is -1.02. The number of halogens is 1. The van der Waals surface area contributed by atoms with E-state index >= 15 is 0 Å². The fourth-order valence-corrected chi connectivity index (χ4v) is 4.49. The molecule has 1 aliphatic heterocycles. The number of aliphatic hydroxyl groups excluding tert-OH is 1. The number of ketones is 1. The Labute approximate surface area is 170 Å². The normalized spacial score (nSPS) is 18.8. The van der Waals surface area contributed by atoms with Crippen molar-refractivity contribution in [1.29, 1.82) is 0 Å². The first kappa shape index (κ1) is 18.5. The Balaban J connectivity index is 1.87. The molecule has 2 aromatic heterocycles. The largest absolute Gasteiger partial charge is 0.507 e. The Morgan fingerprint density at radius 1 is 1.21 bits per heavy atom. The quantitative estimate of drug-likeness (QED) is 0.374. The molecule has 0 spiro atoms. The topological polar surface area (TPSA) is 70.8 Å². The van der Waals surface area contributed by atoms with Crippen LogP contribution in [-0.4, -0.2) is 21.7 Å². The van der Waals surface area contributed by atoms with Crippen molar-refractivity contribution in [2.45, 2.75) is 19.5 Å². The minimum Gasteiger partial charge on any atom is -0.507 e. The van der Waals surface area contributed by atoms with Crippen molar-refractivity contribution in [2.24, 2.45) is 0 Å². The number of aliphatic hydroxyl groups is 1. The minimum absolute atomic E-state index is 0.0735. The van der Waals surface area contributed by atoms with Gasteiger partial charge in [0.1, 0.15) is 17.6 Å². The standard InChI is InChI=1S/C21H16ClNO4S/c1-12-8-10-28-20(12)17-16(18(24)13-4-6-14(22)7-5-13)19(25)21(26)23(17)11-15-3-2-9-27-15/h2-10,17,24H,11H2,1H3. The van der Waals surface area contributed by atoms with Crippen LogP contribution in [0, 0.1) is 6.92 Å². The predicted octanol–water partition coefficient (Wildman–Crippen LogP) is 4.92. The fourth-order valence-electron chi connectivity index (χ4n) is 3.31. The van der Waals surface area contributed by atoms with Crippen LogP contribution in [-0.2, 0) is 16.1 Å².